The molecule has 2 aliphatic rings. The summed E-state index contributed by atoms with van der Waals surface area (Å²) in [5.74, 6) is -1.39. The van der Waals surface area contributed by atoms with Crippen molar-refractivity contribution in [2.75, 3.05) is 19.8 Å². The van der Waals surface area contributed by atoms with Crippen LogP contribution in [0.2, 0.25) is 30.7 Å². The number of ether oxygens (including phenoxy) is 3. The first-order valence-corrected chi connectivity index (χ1v) is 16.2. The molecule has 10 heteroatoms. The highest BCUT2D eigenvalue weighted by Crippen LogP contribution is 2.47. The third kappa shape index (κ3) is 5.58. The summed E-state index contributed by atoms with van der Waals surface area (Å²) in [6, 6.07) is 5.08. The van der Waals surface area contributed by atoms with Gasteiger partial charge in [0, 0.05) is 38.9 Å². The predicted octanol–water partition coefficient (Wildman–Crippen LogP) is 6.82. The molecule has 0 atom stereocenters. The first-order valence-electron chi connectivity index (χ1n) is 12.2. The normalized spacial score (nSPS) is 16.8. The molecule has 0 amide bonds. The van der Waals surface area contributed by atoms with Gasteiger partial charge in [0.05, 0.1) is 23.6 Å². The van der Waals surface area contributed by atoms with E-state index in [2.05, 4.69) is 29.6 Å². The Morgan fingerprint density at radius 3 is 2.58 bits per heavy atom. The van der Waals surface area contributed by atoms with E-state index in [-0.39, 0.29) is 24.3 Å². The van der Waals surface area contributed by atoms with E-state index in [4.69, 9.17) is 25.8 Å². The zero-order chi connectivity index (χ0) is 25.5. The molecule has 5 rings (SSSR count). The van der Waals surface area contributed by atoms with E-state index >= 15 is 0 Å². The molecule has 1 fully saturated rings. The largest absolute Gasteiger partial charge is 0.480 e. The highest BCUT2D eigenvalue weighted by Gasteiger charge is 2.45. The van der Waals surface area contributed by atoms with Gasteiger partial charge in [-0.15, -0.1) is 0 Å². The Balaban J connectivity index is 1.32. The summed E-state index contributed by atoms with van der Waals surface area (Å²) >= 11 is 6.47. The fourth-order valence-corrected chi connectivity index (χ4v) is 5.18. The van der Waals surface area contributed by atoms with Gasteiger partial charge in [0.1, 0.15) is 18.1 Å². The van der Waals surface area contributed by atoms with Crippen LogP contribution in [0.4, 0.5) is 8.78 Å². The van der Waals surface area contributed by atoms with Crippen molar-refractivity contribution in [3.05, 3.63) is 52.8 Å². The van der Waals surface area contributed by atoms with E-state index in [0.29, 0.717) is 40.7 Å². The van der Waals surface area contributed by atoms with Crippen molar-refractivity contribution in [3.63, 3.8) is 0 Å². The molecule has 1 spiro atoms. The molecule has 6 nitrogen and oxygen atoms in total. The van der Waals surface area contributed by atoms with Crippen LogP contribution in [-0.2, 0) is 22.6 Å². The fourth-order valence-electron chi connectivity index (χ4n) is 4.13. The molecule has 0 N–H and O–H groups in total. The van der Waals surface area contributed by atoms with E-state index in [1.54, 1.807) is 10.8 Å². The van der Waals surface area contributed by atoms with Crippen molar-refractivity contribution in [1.29, 1.82) is 0 Å². The third-order valence-electron chi connectivity index (χ3n) is 6.62. The molecule has 1 aromatic carbocycles. The van der Waals surface area contributed by atoms with Crippen LogP contribution >= 0.6 is 11.6 Å². The lowest BCUT2D eigenvalue weighted by Crippen LogP contribution is -2.25. The van der Waals surface area contributed by atoms with E-state index in [0.717, 1.165) is 25.4 Å². The zero-order valence-electron chi connectivity index (χ0n) is 20.7. The molecule has 1 aliphatic heterocycles. The lowest BCUT2D eigenvalue weighted by Gasteiger charge is -2.21. The van der Waals surface area contributed by atoms with Gasteiger partial charge in [0.25, 0.3) is 0 Å². The average molecular weight is 534 g/mol. The van der Waals surface area contributed by atoms with Crippen molar-refractivity contribution in [3.8, 4) is 11.5 Å². The van der Waals surface area contributed by atoms with Gasteiger partial charge in [-0.1, -0.05) is 31.2 Å². The number of halogens is 3. The summed E-state index contributed by atoms with van der Waals surface area (Å²) in [7, 11) is -1.21. The average Bonchev–Trinajstić information content (AvgIpc) is 3.49. The Hall–Kier alpha value is -2.49. The molecule has 192 valence electrons. The van der Waals surface area contributed by atoms with E-state index in [9.17, 15) is 8.78 Å². The monoisotopic (exact) mass is 533 g/mol. The first-order chi connectivity index (χ1) is 17.1. The quantitative estimate of drug-likeness (QED) is 0.223. The van der Waals surface area contributed by atoms with Crippen LogP contribution in [-0.4, -0.2) is 43.3 Å². The number of nitrogens with zero attached hydrogens (tertiary/aromatic N) is 3. The Kier molecular flexibility index (Phi) is 6.82. The summed E-state index contributed by atoms with van der Waals surface area (Å²) in [5.41, 5.74) is 1.15. The molecule has 0 saturated heterocycles. The summed E-state index contributed by atoms with van der Waals surface area (Å²) < 4.78 is 49.0. The maximum Gasteiger partial charge on any atom is 0.198 e. The summed E-state index contributed by atoms with van der Waals surface area (Å²) in [6.07, 6.45) is 5.69. The minimum Gasteiger partial charge on any atom is -0.480 e. The molecule has 36 heavy (non-hydrogen) atoms. The third-order valence-corrected chi connectivity index (χ3v) is 8.61. The number of hydrogen-bond donors (Lipinski definition) is 0. The maximum absolute atomic E-state index is 15.0. The van der Waals surface area contributed by atoms with Crippen LogP contribution < -0.4 is 4.74 Å². The van der Waals surface area contributed by atoms with Crippen LogP contribution in [0.5, 0.6) is 11.5 Å². The topological polar surface area (TPSA) is 57.9 Å². The van der Waals surface area contributed by atoms with E-state index in [1.807, 2.05) is 0 Å². The number of rotatable bonds is 9. The van der Waals surface area contributed by atoms with Gasteiger partial charge in [-0.05, 0) is 42.6 Å². The fraction of sp³-hybridized carbons (Fsp3) is 0.462. The number of benzene rings is 1. The molecule has 0 bridgehead atoms. The number of hydrogen-bond acceptors (Lipinski definition) is 5. The van der Waals surface area contributed by atoms with Gasteiger partial charge in [0.15, 0.2) is 23.3 Å². The van der Waals surface area contributed by atoms with E-state index in [1.165, 1.54) is 24.4 Å². The molecular weight excluding hydrogens is 504 g/mol. The molecule has 1 aliphatic carbocycles. The Bertz CT molecular complexity index is 1290. The van der Waals surface area contributed by atoms with Gasteiger partial charge in [0.2, 0.25) is 0 Å². The molecule has 2 aromatic heterocycles. The zero-order valence-corrected chi connectivity index (χ0v) is 22.5. The molecule has 3 aromatic rings. The number of pyridine rings is 1. The lowest BCUT2D eigenvalue weighted by molar-refractivity contribution is 0.0899. The predicted molar refractivity (Wildman–Crippen MR) is 139 cm³/mol. The highest BCUT2D eigenvalue weighted by atomic mass is 35.5. The van der Waals surface area contributed by atoms with Crippen LogP contribution in [0.3, 0.4) is 0 Å². The van der Waals surface area contributed by atoms with Gasteiger partial charge in [-0.2, -0.15) is 0 Å². The molecule has 3 heterocycles. The van der Waals surface area contributed by atoms with Gasteiger partial charge >= 0.3 is 0 Å². The second-order valence-electron chi connectivity index (χ2n) is 11.0. The Morgan fingerprint density at radius 1 is 1.19 bits per heavy atom. The smallest absolute Gasteiger partial charge is 0.198 e. The van der Waals surface area contributed by atoms with Crippen molar-refractivity contribution < 1.29 is 23.0 Å². The number of aromatic nitrogens is 2. The Morgan fingerprint density at radius 2 is 1.94 bits per heavy atom. The molecule has 0 unspecified atom stereocenters. The highest BCUT2D eigenvalue weighted by molar-refractivity contribution is 6.76. The SMILES string of the molecule is C[Si](C)(C)CCOCn1cc(Cl)c2c(Oc3c(F)cc(CC4=NCC5(CC5)CO4)cc3F)ccnc21. The summed E-state index contributed by atoms with van der Waals surface area (Å²) in [6.45, 7) is 9.12. The van der Waals surface area contributed by atoms with Crippen molar-refractivity contribution >= 4 is 36.6 Å². The second-order valence-corrected chi connectivity index (χ2v) is 17.0. The van der Waals surface area contributed by atoms with Crippen molar-refractivity contribution in [2.24, 2.45) is 10.4 Å². The molecule has 1 saturated carbocycles. The molecular formula is C26H30ClF2N3O3Si. The standard InChI is InChI=1S/C26H30ClF2N3O3Si/c1-36(2,3)9-8-33-16-32-13-18(27)23-21(4-7-30-25(23)32)35-24-19(28)10-17(11-20(24)29)12-22-31-14-26(5-6-26)15-34-22/h4,7,10-11,13H,5-6,8-9,12,14-16H2,1-3H3. The minimum absolute atomic E-state index is 0.202. The lowest BCUT2D eigenvalue weighted by atomic mass is 10.1. The minimum atomic E-state index is -1.21. The van der Waals surface area contributed by atoms with E-state index < -0.39 is 25.5 Å². The van der Waals surface area contributed by atoms with Crippen LogP contribution in [0.15, 0.2) is 35.6 Å². The number of aliphatic imine (C=N–C) groups is 1. The maximum atomic E-state index is 15.0. The molecule has 0 radical (unpaired) electrons. The second kappa shape index (κ2) is 9.76. The van der Waals surface area contributed by atoms with Crippen molar-refractivity contribution in [1.82, 2.24) is 9.55 Å². The van der Waals surface area contributed by atoms with Gasteiger partial charge in [-0.25, -0.2) is 13.8 Å². The van der Waals surface area contributed by atoms with Crippen LogP contribution in [0.25, 0.3) is 11.0 Å². The van der Waals surface area contributed by atoms with Crippen LogP contribution in [0.1, 0.15) is 18.4 Å². The van der Waals surface area contributed by atoms with Gasteiger partial charge < -0.3 is 18.8 Å². The summed E-state index contributed by atoms with van der Waals surface area (Å²) in [4.78, 5) is 8.84. The summed E-state index contributed by atoms with van der Waals surface area (Å²) in [5, 5.41) is 0.829. The first kappa shape index (κ1) is 25.2. The van der Waals surface area contributed by atoms with Crippen molar-refractivity contribution in [2.45, 2.75) is 51.7 Å². The van der Waals surface area contributed by atoms with Gasteiger partial charge in [-0.3, -0.25) is 4.99 Å². The number of fused-ring (bicyclic) bond motifs is 1. The van der Waals surface area contributed by atoms with Crippen LogP contribution in [0, 0.1) is 17.0 Å². The Labute approximate surface area is 215 Å².